The van der Waals surface area contributed by atoms with Crippen LogP contribution in [-0.4, -0.2) is 48.1 Å². The van der Waals surface area contributed by atoms with E-state index in [1.165, 1.54) is 0 Å². The van der Waals surface area contributed by atoms with Crippen LogP contribution < -0.4 is 11.1 Å². The third-order valence-corrected chi connectivity index (χ3v) is 3.11. The van der Waals surface area contributed by atoms with E-state index in [0.29, 0.717) is 37.8 Å². The molecule has 3 N–H and O–H groups in total. The Morgan fingerprint density at radius 2 is 2.16 bits per heavy atom. The number of aryl methyl sites for hydroxylation is 1. The average Bonchev–Trinajstić information content (AvgIpc) is 2.43. The summed E-state index contributed by atoms with van der Waals surface area (Å²) in [7, 11) is 0. The van der Waals surface area contributed by atoms with Gasteiger partial charge in [0.2, 0.25) is 5.91 Å². The molecule has 1 aliphatic rings. The zero-order valence-corrected chi connectivity index (χ0v) is 11.3. The largest absolute Gasteiger partial charge is 0.396 e. The summed E-state index contributed by atoms with van der Waals surface area (Å²) in [5.41, 5.74) is 7.26. The van der Waals surface area contributed by atoms with E-state index >= 15 is 0 Å². The first-order valence-corrected chi connectivity index (χ1v) is 6.44. The van der Waals surface area contributed by atoms with Crippen LogP contribution in [0.4, 0.5) is 11.5 Å². The highest BCUT2D eigenvalue weighted by molar-refractivity contribution is 5.85. The monoisotopic (exact) mass is 264 g/mol. The minimum absolute atomic E-state index is 0.0472. The van der Waals surface area contributed by atoms with E-state index in [0.717, 1.165) is 5.69 Å². The number of carbonyl (C=O) groups excluding carboxylic acids is 1. The van der Waals surface area contributed by atoms with Crippen LogP contribution in [0, 0.1) is 6.92 Å². The van der Waals surface area contributed by atoms with Gasteiger partial charge < -0.3 is 20.7 Å². The van der Waals surface area contributed by atoms with Gasteiger partial charge in [-0.2, -0.15) is 0 Å². The smallest absolute Gasteiger partial charge is 0.244 e. The predicted molar refractivity (Wildman–Crippen MR) is 73.9 cm³/mol. The van der Waals surface area contributed by atoms with Crippen LogP contribution in [0.3, 0.4) is 0 Å². The molecule has 0 radical (unpaired) electrons. The number of pyridine rings is 1. The quantitative estimate of drug-likeness (QED) is 0.837. The second-order valence-corrected chi connectivity index (χ2v) is 4.69. The zero-order valence-electron chi connectivity index (χ0n) is 11.3. The second-order valence-electron chi connectivity index (χ2n) is 4.69. The van der Waals surface area contributed by atoms with Gasteiger partial charge in [0.25, 0.3) is 0 Å². The Balaban J connectivity index is 2.01. The highest BCUT2D eigenvalue weighted by atomic mass is 16.5. The van der Waals surface area contributed by atoms with Gasteiger partial charge >= 0.3 is 0 Å². The highest BCUT2D eigenvalue weighted by Crippen LogP contribution is 2.17. The molecule has 1 aromatic rings. The summed E-state index contributed by atoms with van der Waals surface area (Å²) in [5.74, 6) is 0.611. The number of ether oxygens (including phenoxy) is 1. The first kappa shape index (κ1) is 13.6. The van der Waals surface area contributed by atoms with E-state index in [1.807, 2.05) is 19.9 Å². The van der Waals surface area contributed by atoms with Gasteiger partial charge in [-0.1, -0.05) is 0 Å². The first-order chi connectivity index (χ1) is 9.08. The second kappa shape index (κ2) is 5.88. The molecule has 1 unspecified atom stereocenters. The van der Waals surface area contributed by atoms with E-state index in [9.17, 15) is 4.79 Å². The summed E-state index contributed by atoms with van der Waals surface area (Å²) in [6.07, 6.45) is 0. The Morgan fingerprint density at radius 1 is 1.47 bits per heavy atom. The number of aromatic nitrogens is 1. The Kier molecular flexibility index (Phi) is 4.21. The molecule has 0 bridgehead atoms. The maximum absolute atomic E-state index is 12.2. The number of amides is 1. The predicted octanol–water partition coefficient (Wildman–Crippen LogP) is 0.631. The van der Waals surface area contributed by atoms with Crippen LogP contribution in [0.15, 0.2) is 12.1 Å². The van der Waals surface area contributed by atoms with E-state index in [2.05, 4.69) is 10.3 Å². The molecule has 0 spiro atoms. The third kappa shape index (κ3) is 3.35. The average molecular weight is 264 g/mol. The van der Waals surface area contributed by atoms with E-state index in [1.54, 1.807) is 11.0 Å². The van der Waals surface area contributed by atoms with Crippen molar-refractivity contribution in [1.29, 1.82) is 0 Å². The number of nitrogens with zero attached hydrogens (tertiary/aromatic N) is 2. The van der Waals surface area contributed by atoms with Crippen molar-refractivity contribution in [3.63, 3.8) is 0 Å². The molecule has 1 atom stereocenters. The van der Waals surface area contributed by atoms with Crippen LogP contribution in [0.5, 0.6) is 0 Å². The van der Waals surface area contributed by atoms with Crippen molar-refractivity contribution in [2.24, 2.45) is 0 Å². The number of carbonyl (C=O) groups is 1. The number of rotatable bonds is 3. The topological polar surface area (TPSA) is 80.5 Å². The lowest BCUT2D eigenvalue weighted by atomic mass is 10.2. The molecule has 0 saturated carbocycles. The highest BCUT2D eigenvalue weighted by Gasteiger charge is 2.22. The minimum Gasteiger partial charge on any atom is -0.396 e. The lowest BCUT2D eigenvalue weighted by Crippen LogP contribution is -2.47. The van der Waals surface area contributed by atoms with Crippen LogP contribution in [0.25, 0.3) is 0 Å². The standard InChI is InChI=1S/C13H20N4O2/c1-9-3-4-11(14)12(15-9)16-10(2)13(18)17-5-7-19-8-6-17/h3-4,10H,5-8,14H2,1-2H3,(H,15,16). The minimum atomic E-state index is -0.352. The lowest BCUT2D eigenvalue weighted by molar-refractivity contribution is -0.135. The number of hydrogen-bond donors (Lipinski definition) is 2. The molecule has 1 aromatic heterocycles. The molecule has 19 heavy (non-hydrogen) atoms. The van der Waals surface area contributed by atoms with Gasteiger partial charge in [0, 0.05) is 18.8 Å². The molecule has 0 aromatic carbocycles. The van der Waals surface area contributed by atoms with Gasteiger partial charge in [-0.15, -0.1) is 0 Å². The first-order valence-electron chi connectivity index (χ1n) is 6.44. The summed E-state index contributed by atoms with van der Waals surface area (Å²) >= 11 is 0. The normalized spacial score (nSPS) is 17.1. The van der Waals surface area contributed by atoms with Crippen LogP contribution in [-0.2, 0) is 9.53 Å². The van der Waals surface area contributed by atoms with Gasteiger partial charge in [-0.05, 0) is 26.0 Å². The van der Waals surface area contributed by atoms with Gasteiger partial charge in [0.05, 0.1) is 18.9 Å². The summed E-state index contributed by atoms with van der Waals surface area (Å²) in [5, 5.41) is 3.08. The molecule has 6 heteroatoms. The number of anilines is 2. The molecule has 1 saturated heterocycles. The van der Waals surface area contributed by atoms with Gasteiger partial charge in [-0.25, -0.2) is 4.98 Å². The van der Waals surface area contributed by atoms with Crippen molar-refractivity contribution in [2.75, 3.05) is 37.4 Å². The molecular formula is C13H20N4O2. The molecule has 0 aliphatic carbocycles. The zero-order chi connectivity index (χ0) is 13.8. The Hall–Kier alpha value is -1.82. The fourth-order valence-electron chi connectivity index (χ4n) is 2.01. The number of nitrogens with one attached hydrogen (secondary N) is 1. The van der Waals surface area contributed by atoms with Crippen molar-refractivity contribution in [3.8, 4) is 0 Å². The molecular weight excluding hydrogens is 244 g/mol. The number of nitrogens with two attached hydrogens (primary N) is 1. The summed E-state index contributed by atoms with van der Waals surface area (Å²) in [6, 6.07) is 3.28. The molecule has 1 aliphatic heterocycles. The van der Waals surface area contributed by atoms with Crippen molar-refractivity contribution in [3.05, 3.63) is 17.8 Å². The summed E-state index contributed by atoms with van der Waals surface area (Å²) < 4.78 is 5.24. The van der Waals surface area contributed by atoms with Crippen LogP contribution in [0.2, 0.25) is 0 Å². The molecule has 1 amide bonds. The maximum atomic E-state index is 12.2. The molecule has 1 fully saturated rings. The summed E-state index contributed by atoms with van der Waals surface area (Å²) in [6.45, 7) is 6.19. The Labute approximate surface area is 112 Å². The van der Waals surface area contributed by atoms with Crippen molar-refractivity contribution in [1.82, 2.24) is 9.88 Å². The fourth-order valence-corrected chi connectivity index (χ4v) is 2.01. The number of hydrogen-bond acceptors (Lipinski definition) is 5. The van der Waals surface area contributed by atoms with E-state index in [4.69, 9.17) is 10.5 Å². The Morgan fingerprint density at radius 3 is 2.84 bits per heavy atom. The maximum Gasteiger partial charge on any atom is 0.244 e. The van der Waals surface area contributed by atoms with Crippen molar-refractivity contribution < 1.29 is 9.53 Å². The number of nitrogen functional groups attached to an aromatic ring is 1. The van der Waals surface area contributed by atoms with Crippen molar-refractivity contribution >= 4 is 17.4 Å². The SMILES string of the molecule is Cc1ccc(N)c(NC(C)C(=O)N2CCOCC2)n1. The Bertz CT molecular complexity index is 458. The third-order valence-electron chi connectivity index (χ3n) is 3.11. The molecule has 2 heterocycles. The molecule has 2 rings (SSSR count). The van der Waals surface area contributed by atoms with Crippen LogP contribution in [0.1, 0.15) is 12.6 Å². The van der Waals surface area contributed by atoms with Gasteiger partial charge in [-0.3, -0.25) is 4.79 Å². The fraction of sp³-hybridized carbons (Fsp3) is 0.538. The number of morpholine rings is 1. The van der Waals surface area contributed by atoms with Crippen LogP contribution >= 0.6 is 0 Å². The summed E-state index contributed by atoms with van der Waals surface area (Å²) in [4.78, 5) is 18.3. The van der Waals surface area contributed by atoms with Crippen molar-refractivity contribution in [2.45, 2.75) is 19.9 Å². The van der Waals surface area contributed by atoms with Gasteiger partial charge in [0.15, 0.2) is 0 Å². The molecule has 6 nitrogen and oxygen atoms in total. The van der Waals surface area contributed by atoms with Gasteiger partial charge in [0.1, 0.15) is 11.9 Å². The van der Waals surface area contributed by atoms with E-state index in [-0.39, 0.29) is 11.9 Å². The molecule has 104 valence electrons. The van der Waals surface area contributed by atoms with E-state index < -0.39 is 0 Å². The lowest BCUT2D eigenvalue weighted by Gasteiger charge is -2.29.